The summed E-state index contributed by atoms with van der Waals surface area (Å²) in [5, 5.41) is 1.04. The monoisotopic (exact) mass is 274 g/mol. The maximum Gasteiger partial charge on any atom is 0.123 e. The molecule has 0 bridgehead atoms. The first-order chi connectivity index (χ1) is 9.66. The second-order valence-corrected chi connectivity index (χ2v) is 6.24. The molecule has 1 unspecified atom stereocenters. The first-order valence-corrected chi connectivity index (χ1v) is 7.60. The van der Waals surface area contributed by atoms with Gasteiger partial charge in [0.05, 0.1) is 0 Å². The van der Waals surface area contributed by atoms with Crippen LogP contribution in [0.3, 0.4) is 0 Å². The van der Waals surface area contributed by atoms with E-state index in [2.05, 4.69) is 30.2 Å². The molecule has 0 amide bonds. The van der Waals surface area contributed by atoms with Crippen LogP contribution in [0.4, 0.5) is 4.39 Å². The molecule has 1 N–H and O–H groups in total. The van der Waals surface area contributed by atoms with Gasteiger partial charge < -0.3 is 9.88 Å². The first kappa shape index (κ1) is 13.6. The second kappa shape index (κ2) is 5.57. The van der Waals surface area contributed by atoms with Gasteiger partial charge >= 0.3 is 0 Å². The molecule has 0 spiro atoms. The summed E-state index contributed by atoms with van der Waals surface area (Å²) in [5.41, 5.74) is 2.28. The molecule has 0 aliphatic heterocycles. The van der Waals surface area contributed by atoms with Crippen molar-refractivity contribution in [1.82, 2.24) is 9.88 Å². The van der Waals surface area contributed by atoms with Gasteiger partial charge in [0.25, 0.3) is 0 Å². The Morgan fingerprint density at radius 3 is 2.65 bits per heavy atom. The van der Waals surface area contributed by atoms with E-state index >= 15 is 0 Å². The summed E-state index contributed by atoms with van der Waals surface area (Å²) in [6, 6.07) is 5.40. The number of nitrogens with one attached hydrogen (secondary N) is 1. The molecule has 3 heteroatoms. The number of benzene rings is 1. The summed E-state index contributed by atoms with van der Waals surface area (Å²) in [6.45, 7) is 0. The molecule has 1 saturated carbocycles. The van der Waals surface area contributed by atoms with E-state index in [0.717, 1.165) is 10.9 Å². The van der Waals surface area contributed by atoms with Crippen molar-refractivity contribution in [3.63, 3.8) is 0 Å². The van der Waals surface area contributed by atoms with Crippen molar-refractivity contribution < 1.29 is 4.39 Å². The SMILES string of the molecule is CN(C)C(c1c[nH]c2ccc(F)cc12)C1CCCCC1. The zero-order chi connectivity index (χ0) is 14.1. The molecule has 108 valence electrons. The van der Waals surface area contributed by atoms with Crippen LogP contribution in [0.15, 0.2) is 24.4 Å². The van der Waals surface area contributed by atoms with Gasteiger partial charge in [-0.05, 0) is 56.6 Å². The van der Waals surface area contributed by atoms with Crippen molar-refractivity contribution in [3.05, 3.63) is 35.8 Å². The third kappa shape index (κ3) is 2.47. The molecule has 1 aromatic carbocycles. The highest BCUT2D eigenvalue weighted by atomic mass is 19.1. The Morgan fingerprint density at radius 2 is 1.95 bits per heavy atom. The highest BCUT2D eigenvalue weighted by molar-refractivity contribution is 5.83. The van der Waals surface area contributed by atoms with Crippen molar-refractivity contribution in [2.24, 2.45) is 5.92 Å². The predicted octanol–water partition coefficient (Wildman–Crippen LogP) is 4.49. The number of fused-ring (bicyclic) bond motifs is 1. The lowest BCUT2D eigenvalue weighted by molar-refractivity contribution is 0.172. The van der Waals surface area contributed by atoms with Gasteiger partial charge in [-0.2, -0.15) is 0 Å². The van der Waals surface area contributed by atoms with Gasteiger partial charge in [-0.25, -0.2) is 4.39 Å². The number of halogens is 1. The van der Waals surface area contributed by atoms with E-state index in [1.807, 2.05) is 6.07 Å². The van der Waals surface area contributed by atoms with E-state index in [0.29, 0.717) is 12.0 Å². The summed E-state index contributed by atoms with van der Waals surface area (Å²) >= 11 is 0. The normalized spacial score (nSPS) is 18.8. The fourth-order valence-corrected chi connectivity index (χ4v) is 3.76. The molecule has 1 atom stereocenters. The van der Waals surface area contributed by atoms with Gasteiger partial charge in [-0.1, -0.05) is 19.3 Å². The molecular formula is C17H23FN2. The largest absolute Gasteiger partial charge is 0.361 e. The van der Waals surface area contributed by atoms with Gasteiger partial charge in [-0.3, -0.25) is 0 Å². The summed E-state index contributed by atoms with van der Waals surface area (Å²) < 4.78 is 13.6. The van der Waals surface area contributed by atoms with Crippen LogP contribution in [0.2, 0.25) is 0 Å². The van der Waals surface area contributed by atoms with Crippen LogP contribution in [0.5, 0.6) is 0 Å². The van der Waals surface area contributed by atoms with Crippen LogP contribution < -0.4 is 0 Å². The molecule has 20 heavy (non-hydrogen) atoms. The first-order valence-electron chi connectivity index (χ1n) is 7.60. The summed E-state index contributed by atoms with van der Waals surface area (Å²) in [5.74, 6) is 0.528. The van der Waals surface area contributed by atoms with Crippen molar-refractivity contribution in [3.8, 4) is 0 Å². The maximum atomic E-state index is 13.6. The molecule has 2 aromatic rings. The molecule has 1 aliphatic carbocycles. The van der Waals surface area contributed by atoms with E-state index in [-0.39, 0.29) is 5.82 Å². The van der Waals surface area contributed by atoms with E-state index < -0.39 is 0 Å². The number of hydrogen-bond donors (Lipinski definition) is 1. The lowest BCUT2D eigenvalue weighted by Gasteiger charge is -2.34. The number of rotatable bonds is 3. The minimum atomic E-state index is -0.153. The van der Waals surface area contributed by atoms with Crippen molar-refractivity contribution in [2.75, 3.05) is 14.1 Å². The van der Waals surface area contributed by atoms with Crippen LogP contribution >= 0.6 is 0 Å². The number of aromatic amines is 1. The lowest BCUT2D eigenvalue weighted by Crippen LogP contribution is -2.28. The van der Waals surface area contributed by atoms with Crippen LogP contribution in [-0.4, -0.2) is 24.0 Å². The minimum absolute atomic E-state index is 0.153. The average molecular weight is 274 g/mol. The number of aromatic nitrogens is 1. The van der Waals surface area contributed by atoms with Crippen LogP contribution in [0, 0.1) is 11.7 Å². The highest BCUT2D eigenvalue weighted by Crippen LogP contribution is 2.39. The Bertz CT molecular complexity index is 582. The molecule has 0 saturated heterocycles. The Balaban J connectivity index is 2.02. The summed E-state index contributed by atoms with van der Waals surface area (Å²) in [4.78, 5) is 5.59. The Kier molecular flexibility index (Phi) is 3.79. The molecule has 2 nitrogen and oxygen atoms in total. The number of H-pyrrole nitrogens is 1. The van der Waals surface area contributed by atoms with Gasteiger partial charge in [0.15, 0.2) is 0 Å². The highest BCUT2D eigenvalue weighted by Gasteiger charge is 2.28. The number of hydrogen-bond acceptors (Lipinski definition) is 1. The Hall–Kier alpha value is -1.35. The van der Waals surface area contributed by atoms with Crippen LogP contribution in [0.25, 0.3) is 10.9 Å². The zero-order valence-corrected chi connectivity index (χ0v) is 12.3. The molecular weight excluding hydrogens is 251 g/mol. The molecule has 1 heterocycles. The fraction of sp³-hybridized carbons (Fsp3) is 0.529. The van der Waals surface area contributed by atoms with Gasteiger partial charge in [0, 0.05) is 23.1 Å². The second-order valence-electron chi connectivity index (χ2n) is 6.24. The standard InChI is InChI=1S/C17H23FN2/c1-20(2)17(12-6-4-3-5-7-12)15-11-19-16-9-8-13(18)10-14(15)16/h8-12,17,19H,3-7H2,1-2H3. The molecule has 1 fully saturated rings. The smallest absolute Gasteiger partial charge is 0.123 e. The van der Waals surface area contributed by atoms with Crippen molar-refractivity contribution in [1.29, 1.82) is 0 Å². The quantitative estimate of drug-likeness (QED) is 0.873. The fourth-order valence-electron chi connectivity index (χ4n) is 3.76. The Morgan fingerprint density at radius 1 is 1.20 bits per heavy atom. The van der Waals surface area contributed by atoms with Gasteiger partial charge in [0.1, 0.15) is 5.82 Å². The summed E-state index contributed by atoms with van der Waals surface area (Å²) in [6.07, 6.45) is 8.65. The van der Waals surface area contributed by atoms with Gasteiger partial charge in [0.2, 0.25) is 0 Å². The van der Waals surface area contributed by atoms with Crippen LogP contribution in [-0.2, 0) is 0 Å². The third-order valence-electron chi connectivity index (χ3n) is 4.65. The van der Waals surface area contributed by atoms with Crippen LogP contribution in [0.1, 0.15) is 43.7 Å². The topological polar surface area (TPSA) is 19.0 Å². The van der Waals surface area contributed by atoms with Crippen molar-refractivity contribution >= 4 is 10.9 Å². The van der Waals surface area contributed by atoms with Crippen molar-refractivity contribution in [2.45, 2.75) is 38.1 Å². The molecule has 3 rings (SSSR count). The predicted molar refractivity (Wildman–Crippen MR) is 81.3 cm³/mol. The van der Waals surface area contributed by atoms with Gasteiger partial charge in [-0.15, -0.1) is 0 Å². The Labute approximate surface area is 120 Å². The summed E-state index contributed by atoms with van der Waals surface area (Å²) in [7, 11) is 4.27. The third-order valence-corrected chi connectivity index (χ3v) is 4.65. The zero-order valence-electron chi connectivity index (χ0n) is 12.3. The maximum absolute atomic E-state index is 13.6. The number of nitrogens with zero attached hydrogens (tertiary/aromatic N) is 1. The van der Waals surface area contributed by atoms with E-state index in [1.165, 1.54) is 43.7 Å². The van der Waals surface area contributed by atoms with E-state index in [4.69, 9.17) is 0 Å². The minimum Gasteiger partial charge on any atom is -0.361 e. The lowest BCUT2D eigenvalue weighted by atomic mass is 9.80. The van der Waals surface area contributed by atoms with E-state index in [1.54, 1.807) is 6.07 Å². The molecule has 0 radical (unpaired) electrons. The van der Waals surface area contributed by atoms with E-state index in [9.17, 15) is 4.39 Å². The molecule has 1 aliphatic rings. The average Bonchev–Trinajstić information content (AvgIpc) is 2.83. The molecule has 1 aromatic heterocycles.